The van der Waals surface area contributed by atoms with Crippen LogP contribution in [-0.4, -0.2) is 38.8 Å². The van der Waals surface area contributed by atoms with E-state index < -0.39 is 0 Å². The molecule has 2 aromatic heterocycles. The largest absolute Gasteiger partial charge is 0.379 e. The zero-order valence-corrected chi connectivity index (χ0v) is 19.4. The number of H-pyrrole nitrogens is 1. The van der Waals surface area contributed by atoms with Crippen LogP contribution >= 0.6 is 11.8 Å². The maximum absolute atomic E-state index is 13.2. The molecule has 0 spiro atoms. The zero-order valence-electron chi connectivity index (χ0n) is 18.6. The van der Waals surface area contributed by atoms with E-state index in [1.54, 1.807) is 10.6 Å². The molecule has 1 N–H and O–H groups in total. The molecule has 166 valence electrons. The van der Waals surface area contributed by atoms with E-state index in [1.807, 2.05) is 63.2 Å². The topological polar surface area (TPSA) is 77.0 Å². The van der Waals surface area contributed by atoms with Crippen molar-refractivity contribution in [3.8, 4) is 0 Å². The Morgan fingerprint density at radius 2 is 1.84 bits per heavy atom. The summed E-state index contributed by atoms with van der Waals surface area (Å²) in [6.07, 6.45) is 0.841. The number of benzene rings is 2. The summed E-state index contributed by atoms with van der Waals surface area (Å²) in [5.74, 6) is 0.220. The van der Waals surface area contributed by atoms with Gasteiger partial charge in [0.05, 0.1) is 22.8 Å². The number of Topliss-reactive ketones (excluding diaryl/α,β-unsaturated/α-hetero) is 1. The Morgan fingerprint density at radius 1 is 1.12 bits per heavy atom. The minimum absolute atomic E-state index is 0.0158. The molecule has 0 fully saturated rings. The molecule has 7 heteroatoms. The highest BCUT2D eigenvalue weighted by Crippen LogP contribution is 2.25. The van der Waals surface area contributed by atoms with Crippen LogP contribution in [0.1, 0.15) is 36.3 Å². The number of nitrogens with one attached hydrogen (secondary N) is 1. The van der Waals surface area contributed by atoms with E-state index in [0.29, 0.717) is 41.2 Å². The van der Waals surface area contributed by atoms with Crippen molar-refractivity contribution in [1.29, 1.82) is 0 Å². The second-order valence-electron chi connectivity index (χ2n) is 8.02. The van der Waals surface area contributed by atoms with Gasteiger partial charge in [-0.25, -0.2) is 4.98 Å². The summed E-state index contributed by atoms with van der Waals surface area (Å²) < 4.78 is 7.30. The van der Waals surface area contributed by atoms with Gasteiger partial charge >= 0.3 is 0 Å². The SMILES string of the molecule is Cc1[nH]c2ccccc2c1C(=O)CSc1nc2ccccc2c(=O)n1CCCOC(C)C. The fraction of sp³-hybridized carbons (Fsp3) is 0.320. The maximum atomic E-state index is 13.2. The first-order valence-corrected chi connectivity index (χ1v) is 11.8. The van der Waals surface area contributed by atoms with E-state index in [2.05, 4.69) is 4.98 Å². The Morgan fingerprint density at radius 3 is 2.62 bits per heavy atom. The average molecular weight is 450 g/mol. The summed E-state index contributed by atoms with van der Waals surface area (Å²) in [6, 6.07) is 15.1. The summed E-state index contributed by atoms with van der Waals surface area (Å²) >= 11 is 1.31. The standard InChI is InChI=1S/C25H27N3O3S/c1-16(2)31-14-8-13-28-24(30)19-10-5-7-12-21(19)27-25(28)32-15-22(29)23-17(3)26-20-11-6-4-9-18(20)23/h4-7,9-12,16,26H,8,13-15H2,1-3H3. The molecule has 32 heavy (non-hydrogen) atoms. The number of ether oxygens (including phenoxy) is 1. The fourth-order valence-corrected chi connectivity index (χ4v) is 4.73. The van der Waals surface area contributed by atoms with Crippen molar-refractivity contribution in [2.24, 2.45) is 0 Å². The Labute approximate surface area is 191 Å². The van der Waals surface area contributed by atoms with Gasteiger partial charge in [-0.3, -0.25) is 14.2 Å². The third-order valence-electron chi connectivity index (χ3n) is 5.31. The van der Waals surface area contributed by atoms with Gasteiger partial charge in [0.1, 0.15) is 0 Å². The van der Waals surface area contributed by atoms with Gasteiger partial charge in [-0.2, -0.15) is 0 Å². The Bertz CT molecular complexity index is 1320. The van der Waals surface area contributed by atoms with Crippen LogP contribution in [0.3, 0.4) is 0 Å². The van der Waals surface area contributed by atoms with Gasteiger partial charge in [0.15, 0.2) is 10.9 Å². The van der Waals surface area contributed by atoms with Crippen molar-refractivity contribution in [3.05, 3.63) is 70.1 Å². The molecule has 0 unspecified atom stereocenters. The van der Waals surface area contributed by atoms with Gasteiger partial charge in [-0.05, 0) is 45.4 Å². The van der Waals surface area contributed by atoms with Crippen molar-refractivity contribution in [3.63, 3.8) is 0 Å². The molecule has 0 saturated heterocycles. The summed E-state index contributed by atoms with van der Waals surface area (Å²) in [5, 5.41) is 2.06. The van der Waals surface area contributed by atoms with E-state index in [1.165, 1.54) is 11.8 Å². The minimum Gasteiger partial charge on any atom is -0.379 e. The zero-order chi connectivity index (χ0) is 22.7. The number of ketones is 1. The maximum Gasteiger partial charge on any atom is 0.262 e. The number of para-hydroxylation sites is 2. The molecule has 2 aromatic carbocycles. The first kappa shape index (κ1) is 22.3. The third kappa shape index (κ3) is 4.64. The van der Waals surface area contributed by atoms with Gasteiger partial charge in [0, 0.05) is 35.3 Å². The van der Waals surface area contributed by atoms with Crippen LogP contribution in [0.15, 0.2) is 58.5 Å². The van der Waals surface area contributed by atoms with Gasteiger partial charge in [-0.1, -0.05) is 42.1 Å². The van der Waals surface area contributed by atoms with Crippen LogP contribution < -0.4 is 5.56 Å². The van der Waals surface area contributed by atoms with Crippen molar-refractivity contribution in [1.82, 2.24) is 14.5 Å². The third-order valence-corrected chi connectivity index (χ3v) is 6.29. The number of carbonyl (C=O) groups is 1. The van der Waals surface area contributed by atoms with Crippen LogP contribution in [-0.2, 0) is 11.3 Å². The highest BCUT2D eigenvalue weighted by Gasteiger charge is 2.18. The van der Waals surface area contributed by atoms with Crippen molar-refractivity contribution >= 4 is 39.4 Å². The first-order chi connectivity index (χ1) is 15.5. The molecule has 4 aromatic rings. The number of hydrogen-bond donors (Lipinski definition) is 1. The van der Waals surface area contributed by atoms with Crippen LogP contribution in [0.2, 0.25) is 0 Å². The van der Waals surface area contributed by atoms with E-state index in [0.717, 1.165) is 16.6 Å². The van der Waals surface area contributed by atoms with Crippen LogP contribution in [0.5, 0.6) is 0 Å². The summed E-state index contributed by atoms with van der Waals surface area (Å²) in [5.41, 5.74) is 3.06. The number of thioether (sulfide) groups is 1. The predicted octanol–water partition coefficient (Wildman–Crippen LogP) is 4.98. The van der Waals surface area contributed by atoms with Crippen molar-refractivity contribution < 1.29 is 9.53 Å². The van der Waals surface area contributed by atoms with E-state index >= 15 is 0 Å². The highest BCUT2D eigenvalue weighted by molar-refractivity contribution is 7.99. The van der Waals surface area contributed by atoms with Crippen LogP contribution in [0.25, 0.3) is 21.8 Å². The number of aryl methyl sites for hydroxylation is 1. The Hall–Kier alpha value is -2.90. The van der Waals surface area contributed by atoms with E-state index in [9.17, 15) is 9.59 Å². The monoisotopic (exact) mass is 449 g/mol. The lowest BCUT2D eigenvalue weighted by atomic mass is 10.1. The lowest BCUT2D eigenvalue weighted by molar-refractivity contribution is 0.0743. The highest BCUT2D eigenvalue weighted by atomic mass is 32.2. The lowest BCUT2D eigenvalue weighted by Crippen LogP contribution is -2.24. The average Bonchev–Trinajstić information content (AvgIpc) is 3.12. The number of aromatic amines is 1. The molecule has 6 nitrogen and oxygen atoms in total. The second kappa shape index (κ2) is 9.71. The van der Waals surface area contributed by atoms with Gasteiger partial charge < -0.3 is 9.72 Å². The smallest absolute Gasteiger partial charge is 0.262 e. The Kier molecular flexibility index (Phi) is 6.77. The molecule has 0 saturated carbocycles. The van der Waals surface area contributed by atoms with Gasteiger partial charge in [0.2, 0.25) is 0 Å². The summed E-state index contributed by atoms with van der Waals surface area (Å²) in [6.45, 7) is 6.95. The molecule has 0 aliphatic rings. The number of fused-ring (bicyclic) bond motifs is 2. The van der Waals surface area contributed by atoms with E-state index in [-0.39, 0.29) is 23.2 Å². The Balaban J connectivity index is 1.61. The molecule has 2 heterocycles. The fourth-order valence-electron chi connectivity index (χ4n) is 3.83. The lowest BCUT2D eigenvalue weighted by Gasteiger charge is -2.14. The molecule has 0 aliphatic carbocycles. The molecule has 4 rings (SSSR count). The van der Waals surface area contributed by atoms with Gasteiger partial charge in [-0.15, -0.1) is 0 Å². The van der Waals surface area contributed by atoms with Crippen LogP contribution in [0.4, 0.5) is 0 Å². The van der Waals surface area contributed by atoms with Crippen molar-refractivity contribution in [2.75, 3.05) is 12.4 Å². The summed E-state index contributed by atoms with van der Waals surface area (Å²) in [4.78, 5) is 34.3. The number of nitrogens with zero attached hydrogens (tertiary/aromatic N) is 2. The molecule has 0 bridgehead atoms. The number of carbonyl (C=O) groups excluding carboxylic acids is 1. The number of rotatable bonds is 9. The van der Waals surface area contributed by atoms with Crippen molar-refractivity contribution in [2.45, 2.75) is 45.0 Å². The summed E-state index contributed by atoms with van der Waals surface area (Å²) in [7, 11) is 0. The molecule has 0 amide bonds. The predicted molar refractivity (Wildman–Crippen MR) is 130 cm³/mol. The van der Waals surface area contributed by atoms with Crippen LogP contribution in [0, 0.1) is 6.92 Å². The normalized spacial score (nSPS) is 11.6. The quantitative estimate of drug-likeness (QED) is 0.169. The number of aromatic nitrogens is 3. The second-order valence-corrected chi connectivity index (χ2v) is 8.97. The van der Waals surface area contributed by atoms with E-state index in [4.69, 9.17) is 9.72 Å². The molecule has 0 aliphatic heterocycles. The molecule has 0 radical (unpaired) electrons. The molecule has 0 atom stereocenters. The molecular formula is C25H27N3O3S. The minimum atomic E-state index is -0.0848. The first-order valence-electron chi connectivity index (χ1n) is 10.8. The molecular weight excluding hydrogens is 422 g/mol. The van der Waals surface area contributed by atoms with Gasteiger partial charge in [0.25, 0.3) is 5.56 Å². The number of hydrogen-bond acceptors (Lipinski definition) is 5.